The van der Waals surface area contributed by atoms with E-state index < -0.39 is 0 Å². The average Bonchev–Trinajstić information content (AvgIpc) is 3.03. The third-order valence-corrected chi connectivity index (χ3v) is 4.43. The van der Waals surface area contributed by atoms with Crippen molar-refractivity contribution in [2.24, 2.45) is 5.92 Å². The Kier molecular flexibility index (Phi) is 4.36. The molecular formula is C17H23N3O. The number of aliphatic hydroxyl groups excluding tert-OH is 1. The average molecular weight is 285 g/mol. The van der Waals surface area contributed by atoms with E-state index in [0.717, 1.165) is 38.2 Å². The van der Waals surface area contributed by atoms with Crippen molar-refractivity contribution < 1.29 is 5.11 Å². The number of benzene rings is 1. The minimum Gasteiger partial charge on any atom is -0.393 e. The summed E-state index contributed by atoms with van der Waals surface area (Å²) < 4.78 is 1.87. The van der Waals surface area contributed by atoms with E-state index in [4.69, 9.17) is 0 Å². The molecule has 3 rings (SSSR count). The fourth-order valence-electron chi connectivity index (χ4n) is 3.03. The lowest BCUT2D eigenvalue weighted by atomic mass is 9.92. The molecule has 1 atom stereocenters. The lowest BCUT2D eigenvalue weighted by molar-refractivity contribution is 0.0695. The van der Waals surface area contributed by atoms with Gasteiger partial charge in [-0.25, -0.2) is 4.68 Å². The van der Waals surface area contributed by atoms with E-state index in [0.29, 0.717) is 5.92 Å². The molecule has 1 aromatic carbocycles. The van der Waals surface area contributed by atoms with E-state index in [2.05, 4.69) is 34.3 Å². The Morgan fingerprint density at radius 1 is 1.24 bits per heavy atom. The minimum atomic E-state index is -0.166. The molecule has 1 saturated heterocycles. The first kappa shape index (κ1) is 14.3. The smallest absolute Gasteiger partial charge is 0.0645 e. The molecule has 1 aliphatic heterocycles. The number of aliphatic hydroxyl groups is 1. The van der Waals surface area contributed by atoms with Gasteiger partial charge >= 0.3 is 0 Å². The molecule has 1 unspecified atom stereocenters. The first-order valence-corrected chi connectivity index (χ1v) is 7.72. The van der Waals surface area contributed by atoms with Crippen LogP contribution in [0.5, 0.6) is 0 Å². The van der Waals surface area contributed by atoms with Crippen molar-refractivity contribution in [2.45, 2.75) is 32.4 Å². The first-order chi connectivity index (χ1) is 10.2. The quantitative estimate of drug-likeness (QED) is 0.938. The lowest BCUT2D eigenvalue weighted by Crippen LogP contribution is -2.36. The van der Waals surface area contributed by atoms with Crippen LogP contribution in [-0.4, -0.2) is 39.0 Å². The summed E-state index contributed by atoms with van der Waals surface area (Å²) in [6, 6.07) is 10.5. The van der Waals surface area contributed by atoms with Gasteiger partial charge in [0.25, 0.3) is 0 Å². The summed E-state index contributed by atoms with van der Waals surface area (Å²) in [5.74, 6) is 0.475. The Hall–Kier alpha value is -1.65. The fraction of sp³-hybridized carbons (Fsp3) is 0.471. The lowest BCUT2D eigenvalue weighted by Gasteiger charge is -2.33. The standard InChI is InChI=1S/C17H23N3O/c1-14(21)16-7-11-19(12-8-16)13-15-3-5-17(6-4-15)20-10-2-9-18-20/h2-6,9-10,14,16,21H,7-8,11-13H2,1H3. The maximum Gasteiger partial charge on any atom is 0.0645 e. The van der Waals surface area contributed by atoms with Crippen LogP contribution in [0.2, 0.25) is 0 Å². The molecule has 0 bridgehead atoms. The third kappa shape index (κ3) is 3.52. The van der Waals surface area contributed by atoms with Crippen LogP contribution in [0, 0.1) is 5.92 Å². The molecule has 0 amide bonds. The molecule has 1 fully saturated rings. The Bertz CT molecular complexity index is 540. The zero-order valence-corrected chi connectivity index (χ0v) is 12.5. The largest absolute Gasteiger partial charge is 0.393 e. The number of hydrogen-bond donors (Lipinski definition) is 1. The summed E-state index contributed by atoms with van der Waals surface area (Å²) in [6.45, 7) is 5.06. The molecule has 0 radical (unpaired) electrons. The topological polar surface area (TPSA) is 41.3 Å². The molecule has 0 aliphatic carbocycles. The summed E-state index contributed by atoms with van der Waals surface area (Å²) in [6.07, 6.45) is 5.78. The number of aromatic nitrogens is 2. The van der Waals surface area contributed by atoms with Gasteiger partial charge in [0, 0.05) is 18.9 Å². The molecule has 2 aromatic rings. The van der Waals surface area contributed by atoms with E-state index in [1.165, 1.54) is 5.56 Å². The molecule has 1 N–H and O–H groups in total. The Balaban J connectivity index is 1.57. The van der Waals surface area contributed by atoms with Crippen LogP contribution >= 0.6 is 0 Å². The fourth-order valence-corrected chi connectivity index (χ4v) is 3.03. The summed E-state index contributed by atoms with van der Waals surface area (Å²) in [7, 11) is 0. The molecular weight excluding hydrogens is 262 g/mol. The Morgan fingerprint density at radius 3 is 2.52 bits per heavy atom. The monoisotopic (exact) mass is 285 g/mol. The van der Waals surface area contributed by atoms with Gasteiger partial charge in [-0.2, -0.15) is 5.10 Å². The van der Waals surface area contributed by atoms with Crippen molar-refractivity contribution in [3.8, 4) is 5.69 Å². The van der Waals surface area contributed by atoms with Crippen LogP contribution in [0.3, 0.4) is 0 Å². The van der Waals surface area contributed by atoms with Crippen molar-refractivity contribution in [1.29, 1.82) is 0 Å². The Labute approximate surface area is 126 Å². The van der Waals surface area contributed by atoms with Crippen LogP contribution in [0.1, 0.15) is 25.3 Å². The Morgan fingerprint density at radius 2 is 1.95 bits per heavy atom. The van der Waals surface area contributed by atoms with Gasteiger partial charge in [-0.05, 0) is 62.5 Å². The summed E-state index contributed by atoms with van der Waals surface area (Å²) >= 11 is 0. The zero-order valence-electron chi connectivity index (χ0n) is 12.5. The SMILES string of the molecule is CC(O)C1CCN(Cc2ccc(-n3cccn3)cc2)CC1. The number of rotatable bonds is 4. The highest BCUT2D eigenvalue weighted by molar-refractivity contribution is 5.33. The van der Waals surface area contributed by atoms with Gasteiger partial charge in [-0.3, -0.25) is 4.90 Å². The summed E-state index contributed by atoms with van der Waals surface area (Å²) in [5.41, 5.74) is 2.43. The van der Waals surface area contributed by atoms with Crippen LogP contribution in [0.25, 0.3) is 5.69 Å². The molecule has 112 valence electrons. The highest BCUT2D eigenvalue weighted by Gasteiger charge is 2.22. The van der Waals surface area contributed by atoms with Crippen LogP contribution in [0.15, 0.2) is 42.7 Å². The van der Waals surface area contributed by atoms with Gasteiger partial charge in [0.15, 0.2) is 0 Å². The van der Waals surface area contributed by atoms with Crippen LogP contribution < -0.4 is 0 Å². The molecule has 4 heteroatoms. The highest BCUT2D eigenvalue weighted by atomic mass is 16.3. The van der Waals surface area contributed by atoms with E-state index >= 15 is 0 Å². The van der Waals surface area contributed by atoms with Gasteiger partial charge < -0.3 is 5.11 Å². The minimum absolute atomic E-state index is 0.166. The highest BCUT2D eigenvalue weighted by Crippen LogP contribution is 2.22. The molecule has 1 aliphatic rings. The third-order valence-electron chi connectivity index (χ3n) is 4.43. The molecule has 1 aromatic heterocycles. The predicted molar refractivity (Wildman–Crippen MR) is 83.2 cm³/mol. The summed E-state index contributed by atoms with van der Waals surface area (Å²) in [5, 5.41) is 13.9. The number of likely N-dealkylation sites (tertiary alicyclic amines) is 1. The van der Waals surface area contributed by atoms with Gasteiger partial charge in [-0.15, -0.1) is 0 Å². The second kappa shape index (κ2) is 6.41. The van der Waals surface area contributed by atoms with E-state index in [9.17, 15) is 5.11 Å². The van der Waals surface area contributed by atoms with Crippen LogP contribution in [-0.2, 0) is 6.54 Å². The predicted octanol–water partition coefficient (Wildman–Crippen LogP) is 2.47. The van der Waals surface area contributed by atoms with Crippen molar-refractivity contribution in [3.63, 3.8) is 0 Å². The van der Waals surface area contributed by atoms with Gasteiger partial charge in [0.05, 0.1) is 11.8 Å². The van der Waals surface area contributed by atoms with Crippen molar-refractivity contribution in [3.05, 3.63) is 48.3 Å². The van der Waals surface area contributed by atoms with Crippen molar-refractivity contribution in [2.75, 3.05) is 13.1 Å². The van der Waals surface area contributed by atoms with E-state index in [1.54, 1.807) is 6.20 Å². The zero-order chi connectivity index (χ0) is 14.7. The molecule has 21 heavy (non-hydrogen) atoms. The summed E-state index contributed by atoms with van der Waals surface area (Å²) in [4.78, 5) is 2.47. The van der Waals surface area contributed by atoms with Gasteiger partial charge in [0.1, 0.15) is 0 Å². The first-order valence-electron chi connectivity index (χ1n) is 7.72. The molecule has 0 spiro atoms. The van der Waals surface area contributed by atoms with Crippen LogP contribution in [0.4, 0.5) is 0 Å². The van der Waals surface area contributed by atoms with Crippen molar-refractivity contribution in [1.82, 2.24) is 14.7 Å². The van der Waals surface area contributed by atoms with Gasteiger partial charge in [0.2, 0.25) is 0 Å². The molecule has 2 heterocycles. The van der Waals surface area contributed by atoms with Gasteiger partial charge in [-0.1, -0.05) is 12.1 Å². The normalized spacial score (nSPS) is 18.8. The second-order valence-corrected chi connectivity index (χ2v) is 5.97. The number of nitrogens with zero attached hydrogens (tertiary/aromatic N) is 3. The second-order valence-electron chi connectivity index (χ2n) is 5.97. The van der Waals surface area contributed by atoms with E-state index in [1.807, 2.05) is 23.9 Å². The van der Waals surface area contributed by atoms with E-state index in [-0.39, 0.29) is 6.10 Å². The van der Waals surface area contributed by atoms with Crippen molar-refractivity contribution >= 4 is 0 Å². The maximum absolute atomic E-state index is 9.65. The number of piperidine rings is 1. The molecule has 4 nitrogen and oxygen atoms in total. The molecule has 0 saturated carbocycles. The maximum atomic E-state index is 9.65. The number of hydrogen-bond acceptors (Lipinski definition) is 3.